The number of hydrogen-bond donors (Lipinski definition) is 4. The van der Waals surface area contributed by atoms with Crippen molar-refractivity contribution >= 4 is 11.6 Å². The van der Waals surface area contributed by atoms with Gasteiger partial charge in [-0.05, 0) is 85.5 Å². The standard InChI is InChI=1S/C14H20N2O.C11H13F3.C6H6FNO/c1-9-4-3-5-11(6-9)8-16-14(17)13(15)12-7-10(12)2;1-2-3-4-9-5-7-10(8-6-9)11(12,13)14;7-5-1-3-6(8-9)4-2-5/h3-6,10,12-13H,7-8,15H2,1-2H3,(H,16,17);5-8H,2-4H2,1H3;1-4,8-9H/t10-,12+,13?;;/m1../s1. The molecule has 5 N–H and O–H groups in total. The van der Waals surface area contributed by atoms with Crippen LogP contribution in [0.5, 0.6) is 0 Å². The monoisotopic (exact) mass is 561 g/mol. The van der Waals surface area contributed by atoms with Crippen molar-refractivity contribution in [2.75, 3.05) is 5.48 Å². The van der Waals surface area contributed by atoms with Crippen LogP contribution in [-0.4, -0.2) is 17.2 Å². The lowest BCUT2D eigenvalue weighted by Gasteiger charge is -2.12. The van der Waals surface area contributed by atoms with Crippen LogP contribution in [-0.2, 0) is 23.9 Å². The number of benzene rings is 3. The zero-order valence-electron chi connectivity index (χ0n) is 23.1. The number of alkyl halides is 3. The number of anilines is 1. The van der Waals surface area contributed by atoms with E-state index in [0.717, 1.165) is 48.9 Å². The lowest BCUT2D eigenvalue weighted by molar-refractivity contribution is -0.137. The third-order valence-electron chi connectivity index (χ3n) is 6.56. The summed E-state index contributed by atoms with van der Waals surface area (Å²) in [5.41, 5.74) is 11.0. The molecular formula is C31H39F4N3O2. The zero-order valence-corrected chi connectivity index (χ0v) is 23.1. The maximum atomic E-state index is 12.2. The molecule has 1 aliphatic rings. The highest BCUT2D eigenvalue weighted by molar-refractivity contribution is 5.82. The van der Waals surface area contributed by atoms with Gasteiger partial charge in [-0.25, -0.2) is 4.39 Å². The fourth-order valence-corrected chi connectivity index (χ4v) is 3.94. The number of aryl methyl sites for hydroxylation is 2. The second-order valence-corrected chi connectivity index (χ2v) is 10.0. The van der Waals surface area contributed by atoms with Gasteiger partial charge in [0.25, 0.3) is 0 Å². The Bertz CT molecular complexity index is 1170. The molecule has 0 saturated heterocycles. The molecule has 0 radical (unpaired) electrons. The van der Waals surface area contributed by atoms with E-state index in [2.05, 4.69) is 25.2 Å². The minimum Gasteiger partial charge on any atom is -0.351 e. The molecule has 1 saturated carbocycles. The smallest absolute Gasteiger partial charge is 0.351 e. The number of amides is 1. The van der Waals surface area contributed by atoms with Crippen molar-refractivity contribution in [3.63, 3.8) is 0 Å². The summed E-state index contributed by atoms with van der Waals surface area (Å²) in [5, 5.41) is 11.2. The van der Waals surface area contributed by atoms with Crippen LogP contribution in [0.2, 0.25) is 0 Å². The van der Waals surface area contributed by atoms with Crippen molar-refractivity contribution in [2.24, 2.45) is 17.6 Å². The first-order valence-electron chi connectivity index (χ1n) is 13.3. The first-order valence-corrected chi connectivity index (χ1v) is 13.3. The van der Waals surface area contributed by atoms with E-state index in [-0.39, 0.29) is 17.8 Å². The number of unbranched alkanes of at least 4 members (excludes halogenated alkanes) is 1. The number of nitrogens with one attached hydrogen (secondary N) is 2. The largest absolute Gasteiger partial charge is 0.416 e. The first kappa shape index (κ1) is 32.8. The number of rotatable bonds is 8. The van der Waals surface area contributed by atoms with Gasteiger partial charge in [-0.3, -0.25) is 15.5 Å². The SMILES string of the molecule is CCCCc1ccc(C(F)(F)F)cc1.Cc1cccc(CNC(=O)C(N)[C@H]2C[C@H]2C)c1.ONc1ccc(F)cc1. The van der Waals surface area contributed by atoms with E-state index in [4.69, 9.17) is 10.9 Å². The van der Waals surface area contributed by atoms with Gasteiger partial charge in [-0.15, -0.1) is 0 Å². The van der Waals surface area contributed by atoms with Crippen LogP contribution in [0.3, 0.4) is 0 Å². The molecule has 0 bridgehead atoms. The number of carbonyl (C=O) groups is 1. The number of hydrogen-bond acceptors (Lipinski definition) is 4. The Morgan fingerprint density at radius 1 is 1.05 bits per heavy atom. The van der Waals surface area contributed by atoms with Crippen LogP contribution < -0.4 is 16.5 Å². The minimum atomic E-state index is -4.22. The van der Waals surface area contributed by atoms with E-state index in [0.29, 0.717) is 24.1 Å². The Balaban J connectivity index is 0.000000220. The van der Waals surface area contributed by atoms with Gasteiger partial charge in [0.05, 0.1) is 17.3 Å². The van der Waals surface area contributed by atoms with Crippen molar-refractivity contribution in [1.82, 2.24) is 5.32 Å². The zero-order chi connectivity index (χ0) is 29.7. The van der Waals surface area contributed by atoms with Crippen LogP contribution in [0.25, 0.3) is 0 Å². The van der Waals surface area contributed by atoms with Crippen LogP contribution >= 0.6 is 0 Å². The average molecular weight is 562 g/mol. The quantitative estimate of drug-likeness (QED) is 0.172. The normalized spacial score (nSPS) is 16.4. The fraction of sp³-hybridized carbons (Fsp3) is 0.387. The average Bonchev–Trinajstić information content (AvgIpc) is 3.67. The molecule has 0 heterocycles. The summed E-state index contributed by atoms with van der Waals surface area (Å²) in [6, 6.07) is 18.6. The summed E-state index contributed by atoms with van der Waals surface area (Å²) in [5.74, 6) is 0.650. The molecule has 218 valence electrons. The molecule has 5 nitrogen and oxygen atoms in total. The molecule has 4 rings (SSSR count). The van der Waals surface area contributed by atoms with Crippen LogP contribution in [0.4, 0.5) is 23.2 Å². The van der Waals surface area contributed by atoms with Crippen molar-refractivity contribution in [2.45, 2.75) is 65.2 Å². The summed E-state index contributed by atoms with van der Waals surface area (Å²) in [4.78, 5) is 11.8. The molecule has 0 aromatic heterocycles. The van der Waals surface area contributed by atoms with Crippen LogP contribution in [0.15, 0.2) is 72.8 Å². The van der Waals surface area contributed by atoms with Gasteiger partial charge >= 0.3 is 6.18 Å². The highest BCUT2D eigenvalue weighted by Crippen LogP contribution is 2.39. The molecule has 3 aromatic rings. The van der Waals surface area contributed by atoms with Gasteiger partial charge in [0.1, 0.15) is 5.82 Å². The molecule has 9 heteroatoms. The van der Waals surface area contributed by atoms with E-state index in [1.807, 2.05) is 30.6 Å². The van der Waals surface area contributed by atoms with Crippen molar-refractivity contribution in [3.8, 4) is 0 Å². The van der Waals surface area contributed by atoms with Crippen molar-refractivity contribution in [3.05, 3.63) is 101 Å². The highest BCUT2D eigenvalue weighted by Gasteiger charge is 2.40. The van der Waals surface area contributed by atoms with Crippen molar-refractivity contribution in [1.29, 1.82) is 0 Å². The number of nitrogens with two attached hydrogens (primary N) is 1. The highest BCUT2D eigenvalue weighted by atomic mass is 19.4. The maximum absolute atomic E-state index is 12.2. The van der Waals surface area contributed by atoms with Gasteiger partial charge in [0.15, 0.2) is 0 Å². The summed E-state index contributed by atoms with van der Waals surface area (Å²) in [7, 11) is 0. The topological polar surface area (TPSA) is 87.4 Å². The molecular weight excluding hydrogens is 522 g/mol. The summed E-state index contributed by atoms with van der Waals surface area (Å²) in [6.07, 6.45) is -0.205. The molecule has 0 aliphatic heterocycles. The molecule has 3 atom stereocenters. The molecule has 40 heavy (non-hydrogen) atoms. The van der Waals surface area contributed by atoms with E-state index < -0.39 is 11.7 Å². The molecule has 0 spiro atoms. The van der Waals surface area contributed by atoms with Crippen molar-refractivity contribution < 1.29 is 27.6 Å². The summed E-state index contributed by atoms with van der Waals surface area (Å²) < 4.78 is 48.6. The lowest BCUT2D eigenvalue weighted by atomic mass is 10.1. The van der Waals surface area contributed by atoms with E-state index in [1.165, 1.54) is 29.8 Å². The lowest BCUT2D eigenvalue weighted by Crippen LogP contribution is -2.42. The summed E-state index contributed by atoms with van der Waals surface area (Å²) >= 11 is 0. The Kier molecular flexibility index (Phi) is 13.1. The minimum absolute atomic E-state index is 0.0270. The molecule has 3 aromatic carbocycles. The van der Waals surface area contributed by atoms with E-state index in [1.54, 1.807) is 12.1 Å². The summed E-state index contributed by atoms with van der Waals surface area (Å²) in [6.45, 7) is 6.81. The van der Waals surface area contributed by atoms with E-state index >= 15 is 0 Å². The third-order valence-corrected chi connectivity index (χ3v) is 6.56. The molecule has 1 aliphatic carbocycles. The second-order valence-electron chi connectivity index (χ2n) is 10.0. The van der Waals surface area contributed by atoms with Crippen LogP contribution in [0.1, 0.15) is 55.4 Å². The Hall–Kier alpha value is -3.43. The molecule has 1 fully saturated rings. The molecule has 1 amide bonds. The van der Waals surface area contributed by atoms with Gasteiger partial charge < -0.3 is 11.1 Å². The predicted octanol–water partition coefficient (Wildman–Crippen LogP) is 7.27. The molecule has 1 unspecified atom stereocenters. The number of halogens is 4. The predicted molar refractivity (Wildman–Crippen MR) is 150 cm³/mol. The second kappa shape index (κ2) is 16.0. The van der Waals surface area contributed by atoms with Crippen LogP contribution in [0, 0.1) is 24.6 Å². The van der Waals surface area contributed by atoms with Gasteiger partial charge in [0.2, 0.25) is 5.91 Å². The van der Waals surface area contributed by atoms with Gasteiger partial charge in [-0.2, -0.15) is 13.2 Å². The fourth-order valence-electron chi connectivity index (χ4n) is 3.94. The Morgan fingerprint density at radius 2 is 1.68 bits per heavy atom. The van der Waals surface area contributed by atoms with Gasteiger partial charge in [-0.1, -0.05) is 62.2 Å². The van der Waals surface area contributed by atoms with E-state index in [9.17, 15) is 22.4 Å². The Morgan fingerprint density at radius 3 is 2.17 bits per heavy atom. The maximum Gasteiger partial charge on any atom is 0.416 e. The number of carbonyl (C=O) groups excluding carboxylic acids is 1. The van der Waals surface area contributed by atoms with Gasteiger partial charge in [0, 0.05) is 6.54 Å². The third kappa shape index (κ3) is 11.8. The first-order chi connectivity index (χ1) is 18.9. The Labute approximate surface area is 233 Å².